The maximum absolute atomic E-state index is 6.95. The molecule has 0 N–H and O–H groups in total. The number of para-hydroxylation sites is 6. The van der Waals surface area contributed by atoms with Crippen LogP contribution >= 0.6 is 0 Å². The van der Waals surface area contributed by atoms with Gasteiger partial charge < -0.3 is 42.1 Å². The van der Waals surface area contributed by atoms with Crippen LogP contribution < -0.4 is 28.4 Å². The maximum Gasteiger partial charge on any atom is 0.161 e. The monoisotopic (exact) mass is 1280 g/mol. The van der Waals surface area contributed by atoms with Crippen LogP contribution in [0.15, 0.2) is 182 Å². The van der Waals surface area contributed by atoms with Crippen LogP contribution in [0.4, 0.5) is 0 Å². The fourth-order valence-electron chi connectivity index (χ4n) is 14.8. The van der Waals surface area contributed by atoms with E-state index in [-0.39, 0.29) is 0 Å². The Labute approximate surface area is 568 Å². The summed E-state index contributed by atoms with van der Waals surface area (Å²) in [5.41, 5.74) is 7.87. The first-order valence-corrected chi connectivity index (χ1v) is 36.8. The Morgan fingerprint density at radius 2 is 0.375 bits per heavy atom. The van der Waals surface area contributed by atoms with Gasteiger partial charge in [-0.2, -0.15) is 0 Å². The van der Waals surface area contributed by atoms with Crippen molar-refractivity contribution in [2.24, 2.45) is 0 Å². The summed E-state index contributed by atoms with van der Waals surface area (Å²) in [6.45, 7) is 13.3. The van der Waals surface area contributed by atoms with E-state index in [9.17, 15) is 0 Å². The Morgan fingerprint density at radius 3 is 0.573 bits per heavy atom. The molecule has 498 valence electrons. The van der Waals surface area contributed by atoms with Crippen LogP contribution in [-0.2, 0) is 19.6 Å². The van der Waals surface area contributed by atoms with Crippen LogP contribution in [0.3, 0.4) is 0 Å². The second-order valence-electron chi connectivity index (χ2n) is 26.5. The van der Waals surface area contributed by atoms with Crippen LogP contribution in [0.1, 0.15) is 156 Å². The van der Waals surface area contributed by atoms with Crippen molar-refractivity contribution < 1.29 is 28.4 Å². The molecule has 0 aliphatic carbocycles. The Hall–Kier alpha value is -8.82. The summed E-state index contributed by atoms with van der Waals surface area (Å²) < 4.78 is 48.9. The van der Waals surface area contributed by atoms with Crippen molar-refractivity contribution in [1.29, 1.82) is 0 Å². The minimum absolute atomic E-state index is 0.596. The summed E-state index contributed by atoms with van der Waals surface area (Å²) in [6.07, 6.45) is 22.3. The zero-order chi connectivity index (χ0) is 65.3. The molecule has 9 nitrogen and oxygen atoms in total. The molecule has 10 aromatic carbocycles. The highest BCUT2D eigenvalue weighted by atomic mass is 16.5. The van der Waals surface area contributed by atoms with Crippen LogP contribution in [0.25, 0.3) is 97.7 Å². The standard InChI is InChI=1S/C87H99N3O6/c1-4-7-31-52-91-82-58-70-73(61-85(82)94-55-34-13-10-28-49-88-76-43-22-16-37-64(76)65-38-17-23-44-77(65)88)71-59-83(92-53-32-8-5-2)87(96-57-36-15-12-30-51-90-80-47-26-20-41-68(80)69-42-21-27-48-81(69)90)63-75(71)72-60-84(93-54-33-9-6-3)86(62-74(70)72)95-56-35-14-11-29-50-89-78-45-24-18-39-66(78)67-40-19-25-46-79(67)89/h16-27,37-48,58-63H,4-15,28-36,49-57H2,1-3H3. The second-order valence-corrected chi connectivity index (χ2v) is 26.5. The van der Waals surface area contributed by atoms with Gasteiger partial charge in [-0.1, -0.05) is 207 Å². The molecule has 0 saturated heterocycles. The molecule has 0 saturated carbocycles. The molecule has 0 fully saturated rings. The van der Waals surface area contributed by atoms with Gasteiger partial charge in [0.2, 0.25) is 0 Å². The third-order valence-electron chi connectivity index (χ3n) is 19.8. The Balaban J connectivity index is 0.784. The Morgan fingerprint density at radius 1 is 0.198 bits per heavy atom. The molecule has 0 spiro atoms. The van der Waals surface area contributed by atoms with Crippen LogP contribution in [0, 0.1) is 0 Å². The smallest absolute Gasteiger partial charge is 0.161 e. The van der Waals surface area contributed by atoms with Crippen LogP contribution in [-0.4, -0.2) is 53.3 Å². The highest BCUT2D eigenvalue weighted by Gasteiger charge is 2.22. The van der Waals surface area contributed by atoms with E-state index in [1.807, 2.05) is 0 Å². The van der Waals surface area contributed by atoms with E-state index in [0.717, 1.165) is 221 Å². The van der Waals surface area contributed by atoms with Gasteiger partial charge in [0, 0.05) is 85.1 Å². The summed E-state index contributed by atoms with van der Waals surface area (Å²) >= 11 is 0. The minimum Gasteiger partial charge on any atom is -0.490 e. The lowest BCUT2D eigenvalue weighted by molar-refractivity contribution is 0.259. The average Bonchev–Trinajstić information content (AvgIpc) is 1.19. The van der Waals surface area contributed by atoms with Gasteiger partial charge in [0.1, 0.15) is 0 Å². The van der Waals surface area contributed by atoms with Gasteiger partial charge in [-0.25, -0.2) is 0 Å². The van der Waals surface area contributed by atoms with E-state index in [2.05, 4.69) is 216 Å². The number of hydrogen-bond donors (Lipinski definition) is 0. The number of unbranched alkanes of at least 4 members (excludes halogenated alkanes) is 15. The van der Waals surface area contributed by atoms with Crippen molar-refractivity contribution in [2.75, 3.05) is 39.6 Å². The van der Waals surface area contributed by atoms with Gasteiger partial charge in [0.25, 0.3) is 0 Å². The number of benzene rings is 10. The molecule has 0 aliphatic rings. The van der Waals surface area contributed by atoms with Gasteiger partial charge in [-0.3, -0.25) is 0 Å². The van der Waals surface area contributed by atoms with Crippen molar-refractivity contribution in [2.45, 2.75) is 175 Å². The lowest BCUT2D eigenvalue weighted by atomic mass is 9.93. The predicted molar refractivity (Wildman–Crippen MR) is 404 cm³/mol. The highest BCUT2D eigenvalue weighted by molar-refractivity contribution is 6.27. The number of rotatable bonds is 39. The van der Waals surface area contributed by atoms with Crippen LogP contribution in [0.2, 0.25) is 0 Å². The number of aromatic nitrogens is 3. The van der Waals surface area contributed by atoms with Crippen molar-refractivity contribution in [3.8, 4) is 34.5 Å². The number of hydrogen-bond acceptors (Lipinski definition) is 6. The van der Waals surface area contributed by atoms with E-state index >= 15 is 0 Å². The maximum atomic E-state index is 6.95. The summed E-state index contributed by atoms with van der Waals surface area (Å²) in [7, 11) is 0. The second kappa shape index (κ2) is 32.7. The van der Waals surface area contributed by atoms with E-state index < -0.39 is 0 Å². The summed E-state index contributed by atoms with van der Waals surface area (Å²) in [6, 6.07) is 66.5. The summed E-state index contributed by atoms with van der Waals surface area (Å²) in [5, 5.41) is 14.5. The van der Waals surface area contributed by atoms with Gasteiger partial charge in [0.15, 0.2) is 34.5 Å². The quantitative estimate of drug-likeness (QED) is 0.0282. The van der Waals surface area contributed by atoms with Crippen molar-refractivity contribution >= 4 is 97.7 Å². The molecule has 0 unspecified atom stereocenters. The molecule has 0 bridgehead atoms. The highest BCUT2D eigenvalue weighted by Crippen LogP contribution is 2.48. The number of fused-ring (bicyclic) bond motifs is 15. The molecule has 13 aromatic rings. The molecular weight excluding hydrogens is 1180 g/mol. The molecule has 0 radical (unpaired) electrons. The Kier molecular flexibility index (Phi) is 22.5. The summed E-state index contributed by atoms with van der Waals surface area (Å²) in [5.74, 6) is 4.66. The molecule has 0 aliphatic heterocycles. The zero-order valence-electron chi connectivity index (χ0n) is 57.3. The zero-order valence-corrected chi connectivity index (χ0v) is 57.3. The number of aryl methyl sites for hydroxylation is 3. The molecule has 96 heavy (non-hydrogen) atoms. The van der Waals surface area contributed by atoms with Gasteiger partial charge in [-0.15, -0.1) is 0 Å². The van der Waals surface area contributed by atoms with E-state index in [1.165, 1.54) is 65.4 Å². The first-order valence-electron chi connectivity index (χ1n) is 36.8. The predicted octanol–water partition coefficient (Wildman–Crippen LogP) is 24.1. The molecule has 3 heterocycles. The molecule has 13 rings (SSSR count). The first-order chi connectivity index (χ1) is 47.6. The third-order valence-corrected chi connectivity index (χ3v) is 19.8. The first kappa shape index (κ1) is 65.8. The fraction of sp³-hybridized carbons (Fsp3) is 0.379. The topological polar surface area (TPSA) is 70.2 Å². The van der Waals surface area contributed by atoms with Gasteiger partial charge in [0.05, 0.1) is 39.6 Å². The third kappa shape index (κ3) is 14.9. The van der Waals surface area contributed by atoms with Gasteiger partial charge in [-0.05, 0) is 163 Å². The number of nitrogens with zero attached hydrogens (tertiary/aromatic N) is 3. The van der Waals surface area contributed by atoms with Crippen LogP contribution in [0.5, 0.6) is 34.5 Å². The lowest BCUT2D eigenvalue weighted by Crippen LogP contribution is -2.05. The van der Waals surface area contributed by atoms with E-state index in [0.29, 0.717) is 39.6 Å². The largest absolute Gasteiger partial charge is 0.490 e. The molecule has 0 amide bonds. The average molecular weight is 1280 g/mol. The lowest BCUT2D eigenvalue weighted by Gasteiger charge is -2.21. The number of ether oxygens (including phenoxy) is 6. The van der Waals surface area contributed by atoms with Crippen molar-refractivity contribution in [3.05, 3.63) is 182 Å². The molecule has 3 aromatic heterocycles. The SMILES string of the molecule is CCCCCOc1cc2c(cc1OCCCCCCn1c3ccccc3c3ccccc31)c1cc(OCCCCC)c(OCCCCCCn3c4ccccc4c4ccccc43)cc1c1cc(OCCCCC)c(OCCCCCCn3c4ccccc4c4ccccc43)cc21. The summed E-state index contributed by atoms with van der Waals surface area (Å²) in [4.78, 5) is 0. The molecular formula is C87H99N3O6. The van der Waals surface area contributed by atoms with Crippen molar-refractivity contribution in [1.82, 2.24) is 13.7 Å². The minimum atomic E-state index is 0.596. The molecule has 0 atom stereocenters. The normalized spacial score (nSPS) is 11.9. The fourth-order valence-corrected chi connectivity index (χ4v) is 14.8. The Bertz CT molecular complexity index is 4050. The van der Waals surface area contributed by atoms with Gasteiger partial charge >= 0.3 is 0 Å². The van der Waals surface area contributed by atoms with Crippen molar-refractivity contribution in [3.63, 3.8) is 0 Å². The molecule has 9 heteroatoms. The van der Waals surface area contributed by atoms with E-state index in [1.54, 1.807) is 0 Å². The van der Waals surface area contributed by atoms with E-state index in [4.69, 9.17) is 28.4 Å².